The minimum Gasteiger partial charge on any atom is -0.454 e. The Kier molecular flexibility index (Phi) is 3.04. The molecule has 0 unspecified atom stereocenters. The first-order valence-corrected chi connectivity index (χ1v) is 6.95. The molecule has 0 spiro atoms. The van der Waals surface area contributed by atoms with Crippen LogP contribution in [0.1, 0.15) is 26.7 Å². The molecule has 110 valence electrons. The molecule has 3 rings (SSSR count). The van der Waals surface area contributed by atoms with Crippen LogP contribution < -0.4 is 0 Å². The fraction of sp³-hybridized carbons (Fsp3) is 0.667. The number of fused-ring (bicyclic) bond motifs is 2. The number of hydrogen-bond donors (Lipinski definition) is 2. The van der Waals surface area contributed by atoms with Crippen molar-refractivity contribution in [3.05, 3.63) is 23.8 Å². The number of aliphatic hydroxyl groups excluding tert-OH is 2. The number of carbonyl (C=O) groups is 1. The van der Waals surface area contributed by atoms with Gasteiger partial charge in [-0.1, -0.05) is 6.58 Å². The number of esters is 1. The Balaban J connectivity index is 1.97. The van der Waals surface area contributed by atoms with Crippen molar-refractivity contribution in [2.45, 2.75) is 56.7 Å². The molecular weight excluding hydrogens is 260 g/mol. The summed E-state index contributed by atoms with van der Waals surface area (Å²) in [5, 5.41) is 20.6. The Bertz CT molecular complexity index is 496. The van der Waals surface area contributed by atoms with Crippen LogP contribution >= 0.6 is 0 Å². The Morgan fingerprint density at radius 3 is 2.85 bits per heavy atom. The van der Waals surface area contributed by atoms with Crippen molar-refractivity contribution in [1.29, 1.82) is 0 Å². The molecule has 5 nitrogen and oxygen atoms in total. The summed E-state index contributed by atoms with van der Waals surface area (Å²) in [5.41, 5.74) is 0.589. The van der Waals surface area contributed by atoms with E-state index in [1.807, 2.05) is 6.92 Å². The van der Waals surface area contributed by atoms with Crippen molar-refractivity contribution in [2.24, 2.45) is 5.92 Å². The Hall–Kier alpha value is -1.17. The van der Waals surface area contributed by atoms with E-state index in [4.69, 9.17) is 9.47 Å². The van der Waals surface area contributed by atoms with Gasteiger partial charge >= 0.3 is 5.97 Å². The van der Waals surface area contributed by atoms with Crippen LogP contribution in [0.25, 0.3) is 0 Å². The summed E-state index contributed by atoms with van der Waals surface area (Å²) in [4.78, 5) is 11.7. The molecule has 0 amide bonds. The number of epoxide rings is 1. The van der Waals surface area contributed by atoms with Crippen LogP contribution in [0.3, 0.4) is 0 Å². The number of carbonyl (C=O) groups excluding carboxylic acids is 1. The van der Waals surface area contributed by atoms with Gasteiger partial charge < -0.3 is 19.7 Å². The average Bonchev–Trinajstić information content (AvgIpc) is 2.99. The van der Waals surface area contributed by atoms with Crippen molar-refractivity contribution in [1.82, 2.24) is 0 Å². The van der Waals surface area contributed by atoms with E-state index in [0.717, 1.165) is 5.57 Å². The van der Waals surface area contributed by atoms with Crippen LogP contribution in [0.2, 0.25) is 0 Å². The minimum atomic E-state index is -0.816. The zero-order valence-corrected chi connectivity index (χ0v) is 11.7. The van der Waals surface area contributed by atoms with Crippen molar-refractivity contribution in [3.8, 4) is 0 Å². The molecule has 2 aliphatic heterocycles. The second kappa shape index (κ2) is 4.41. The zero-order chi connectivity index (χ0) is 14.7. The lowest BCUT2D eigenvalue weighted by Crippen LogP contribution is -2.36. The van der Waals surface area contributed by atoms with Crippen molar-refractivity contribution in [2.75, 3.05) is 0 Å². The Morgan fingerprint density at radius 1 is 1.45 bits per heavy atom. The van der Waals surface area contributed by atoms with Crippen LogP contribution in [0.15, 0.2) is 23.8 Å². The maximum Gasteiger partial charge on any atom is 0.334 e. The molecule has 6 atom stereocenters. The topological polar surface area (TPSA) is 79.3 Å². The maximum atomic E-state index is 11.7. The SMILES string of the molecule is C=C1C(=O)O[C@H]2/C=C(/C)[C@@H](O)CC[C@@]3(C)O[C@@H]3[C@@H](O)[C@H]12. The van der Waals surface area contributed by atoms with E-state index in [1.54, 1.807) is 13.0 Å². The fourth-order valence-electron chi connectivity index (χ4n) is 3.24. The molecule has 0 saturated carbocycles. The lowest BCUT2D eigenvalue weighted by molar-refractivity contribution is -0.137. The van der Waals surface area contributed by atoms with E-state index < -0.39 is 35.8 Å². The van der Waals surface area contributed by atoms with Gasteiger partial charge in [-0.3, -0.25) is 0 Å². The van der Waals surface area contributed by atoms with E-state index in [0.29, 0.717) is 12.8 Å². The molecule has 0 aromatic heterocycles. The van der Waals surface area contributed by atoms with Crippen LogP contribution in [0.4, 0.5) is 0 Å². The molecule has 0 radical (unpaired) electrons. The van der Waals surface area contributed by atoms with E-state index >= 15 is 0 Å². The maximum absolute atomic E-state index is 11.7. The van der Waals surface area contributed by atoms with Crippen LogP contribution in [-0.4, -0.2) is 46.2 Å². The smallest absolute Gasteiger partial charge is 0.334 e. The van der Waals surface area contributed by atoms with Crippen LogP contribution in [0, 0.1) is 5.92 Å². The Morgan fingerprint density at radius 2 is 2.15 bits per heavy atom. The summed E-state index contributed by atoms with van der Waals surface area (Å²) in [5.74, 6) is -0.992. The summed E-state index contributed by atoms with van der Waals surface area (Å²) < 4.78 is 10.9. The highest BCUT2D eigenvalue weighted by Crippen LogP contribution is 2.48. The summed E-state index contributed by atoms with van der Waals surface area (Å²) in [6.45, 7) is 7.46. The van der Waals surface area contributed by atoms with Crippen LogP contribution in [-0.2, 0) is 14.3 Å². The Labute approximate surface area is 117 Å². The van der Waals surface area contributed by atoms with Gasteiger partial charge in [0.1, 0.15) is 12.2 Å². The number of rotatable bonds is 0. The van der Waals surface area contributed by atoms with Crippen molar-refractivity contribution in [3.63, 3.8) is 0 Å². The number of hydrogen-bond acceptors (Lipinski definition) is 5. The summed E-state index contributed by atoms with van der Waals surface area (Å²) >= 11 is 0. The molecule has 2 N–H and O–H groups in total. The highest BCUT2D eigenvalue weighted by molar-refractivity contribution is 5.91. The molecule has 0 bridgehead atoms. The van der Waals surface area contributed by atoms with Gasteiger partial charge in [0.15, 0.2) is 0 Å². The standard InChI is InChI=1S/C15H20O5/c1-7-6-10-11(8(2)14(18)19-10)12(17)13-15(3,20-13)5-4-9(7)16/h6,9-13,16-17H,2,4-5H2,1,3H3/b7-6-/t9-,10-,11+,12-,13+,15+/m0/s1. The van der Waals surface area contributed by atoms with E-state index in [1.165, 1.54) is 0 Å². The van der Waals surface area contributed by atoms with Crippen molar-refractivity contribution >= 4 is 5.97 Å². The highest BCUT2D eigenvalue weighted by atomic mass is 16.6. The monoisotopic (exact) mass is 280 g/mol. The summed E-state index contributed by atoms with van der Waals surface area (Å²) in [6.07, 6.45) is 0.642. The van der Waals surface area contributed by atoms with Gasteiger partial charge in [-0.25, -0.2) is 4.79 Å². The van der Waals surface area contributed by atoms with Gasteiger partial charge in [0.2, 0.25) is 0 Å². The molecule has 20 heavy (non-hydrogen) atoms. The van der Waals surface area contributed by atoms with E-state index in [9.17, 15) is 15.0 Å². The van der Waals surface area contributed by atoms with Crippen LogP contribution in [0.5, 0.6) is 0 Å². The third-order valence-corrected chi connectivity index (χ3v) is 4.75. The third-order valence-electron chi connectivity index (χ3n) is 4.75. The normalized spacial score (nSPS) is 50.6. The number of aliphatic hydroxyl groups is 2. The van der Waals surface area contributed by atoms with Gasteiger partial charge in [0.25, 0.3) is 0 Å². The molecule has 1 aliphatic carbocycles. The summed E-state index contributed by atoms with van der Waals surface area (Å²) in [6, 6.07) is 0. The predicted molar refractivity (Wildman–Crippen MR) is 70.8 cm³/mol. The molecule has 5 heteroatoms. The third kappa shape index (κ3) is 2.01. The average molecular weight is 280 g/mol. The molecular formula is C15H20O5. The number of ether oxygens (including phenoxy) is 2. The fourth-order valence-corrected chi connectivity index (χ4v) is 3.24. The summed E-state index contributed by atoms with van der Waals surface area (Å²) in [7, 11) is 0. The second-order valence-electron chi connectivity index (χ2n) is 6.23. The van der Waals surface area contributed by atoms with Gasteiger partial charge in [0, 0.05) is 5.57 Å². The zero-order valence-electron chi connectivity index (χ0n) is 11.7. The first kappa shape index (κ1) is 13.8. The molecule has 0 aromatic rings. The largest absolute Gasteiger partial charge is 0.454 e. The van der Waals surface area contributed by atoms with E-state index in [2.05, 4.69) is 6.58 Å². The van der Waals surface area contributed by atoms with Gasteiger partial charge in [0.05, 0.1) is 23.7 Å². The van der Waals surface area contributed by atoms with E-state index in [-0.39, 0.29) is 11.7 Å². The lowest BCUT2D eigenvalue weighted by atomic mass is 9.82. The van der Waals surface area contributed by atoms with Crippen molar-refractivity contribution < 1.29 is 24.5 Å². The molecule has 0 aromatic carbocycles. The predicted octanol–water partition coefficient (Wildman–Crippen LogP) is 0.704. The van der Waals surface area contributed by atoms with Gasteiger partial charge in [-0.05, 0) is 38.3 Å². The highest BCUT2D eigenvalue weighted by Gasteiger charge is 2.60. The second-order valence-corrected chi connectivity index (χ2v) is 6.23. The van der Waals surface area contributed by atoms with Gasteiger partial charge in [-0.15, -0.1) is 0 Å². The molecule has 3 aliphatic rings. The molecule has 2 saturated heterocycles. The minimum absolute atomic E-state index is 0.277. The quantitative estimate of drug-likeness (QED) is 0.295. The molecule has 2 heterocycles. The lowest BCUT2D eigenvalue weighted by Gasteiger charge is -2.24. The first-order valence-electron chi connectivity index (χ1n) is 6.95. The first-order chi connectivity index (χ1) is 9.33. The van der Waals surface area contributed by atoms with Gasteiger partial charge in [-0.2, -0.15) is 0 Å². The molecule has 2 fully saturated rings.